The summed E-state index contributed by atoms with van der Waals surface area (Å²) in [7, 11) is -3.56. The molecule has 2 aliphatic rings. The molecule has 1 aromatic rings. The molecule has 1 heterocycles. The average Bonchev–Trinajstić information content (AvgIpc) is 3.12. The van der Waals surface area contributed by atoms with E-state index in [4.69, 9.17) is 4.42 Å². The maximum atomic E-state index is 12.4. The SMILES string of the molecule is CC1(NS(=O)(=O)c2ccc(CNC3CC3)o2)CCCCC1. The van der Waals surface area contributed by atoms with E-state index in [0.717, 1.165) is 25.7 Å². The Labute approximate surface area is 126 Å². The van der Waals surface area contributed by atoms with Gasteiger partial charge >= 0.3 is 0 Å². The second-order valence-corrected chi connectivity index (χ2v) is 8.22. The first kappa shape index (κ1) is 15.1. The maximum absolute atomic E-state index is 12.4. The molecule has 2 N–H and O–H groups in total. The van der Waals surface area contributed by atoms with Crippen LogP contribution in [0.5, 0.6) is 0 Å². The lowest BCUT2D eigenvalue weighted by Crippen LogP contribution is -2.46. The first-order valence-corrected chi connectivity index (χ1v) is 9.31. The highest BCUT2D eigenvalue weighted by atomic mass is 32.2. The third-order valence-corrected chi connectivity index (χ3v) is 5.89. The molecule has 0 atom stereocenters. The lowest BCUT2D eigenvalue weighted by Gasteiger charge is -2.33. The summed E-state index contributed by atoms with van der Waals surface area (Å²) in [5, 5.41) is 3.35. The summed E-state index contributed by atoms with van der Waals surface area (Å²) in [4.78, 5) is 0. The zero-order chi connectivity index (χ0) is 14.9. The van der Waals surface area contributed by atoms with E-state index in [9.17, 15) is 8.42 Å². The maximum Gasteiger partial charge on any atom is 0.274 e. The molecule has 21 heavy (non-hydrogen) atoms. The van der Waals surface area contributed by atoms with Gasteiger partial charge in [-0.1, -0.05) is 19.3 Å². The zero-order valence-corrected chi connectivity index (χ0v) is 13.3. The Morgan fingerprint density at radius 3 is 2.62 bits per heavy atom. The van der Waals surface area contributed by atoms with E-state index in [1.807, 2.05) is 6.92 Å². The van der Waals surface area contributed by atoms with Gasteiger partial charge in [0.25, 0.3) is 10.0 Å². The number of hydrogen-bond donors (Lipinski definition) is 2. The summed E-state index contributed by atoms with van der Waals surface area (Å²) in [5.41, 5.74) is -0.337. The van der Waals surface area contributed by atoms with Gasteiger partial charge in [0.2, 0.25) is 5.09 Å². The third-order valence-electron chi connectivity index (χ3n) is 4.38. The average molecular weight is 312 g/mol. The van der Waals surface area contributed by atoms with Gasteiger partial charge < -0.3 is 9.73 Å². The monoisotopic (exact) mass is 312 g/mol. The van der Waals surface area contributed by atoms with Crippen molar-refractivity contribution in [3.63, 3.8) is 0 Å². The highest BCUT2D eigenvalue weighted by Crippen LogP contribution is 2.29. The largest absolute Gasteiger partial charge is 0.447 e. The van der Waals surface area contributed by atoms with Crippen molar-refractivity contribution in [2.24, 2.45) is 0 Å². The fraction of sp³-hybridized carbons (Fsp3) is 0.733. The van der Waals surface area contributed by atoms with Crippen molar-refractivity contribution in [2.45, 2.75) is 75.1 Å². The molecule has 118 valence electrons. The molecular weight excluding hydrogens is 288 g/mol. The van der Waals surface area contributed by atoms with Crippen LogP contribution in [-0.4, -0.2) is 20.0 Å². The topological polar surface area (TPSA) is 71.3 Å². The van der Waals surface area contributed by atoms with Crippen molar-refractivity contribution < 1.29 is 12.8 Å². The van der Waals surface area contributed by atoms with E-state index in [0.29, 0.717) is 18.3 Å². The van der Waals surface area contributed by atoms with Gasteiger partial charge in [-0.15, -0.1) is 0 Å². The number of furan rings is 1. The normalized spacial score (nSPS) is 22.3. The lowest BCUT2D eigenvalue weighted by atomic mass is 9.84. The minimum Gasteiger partial charge on any atom is -0.447 e. The fourth-order valence-corrected chi connectivity index (χ4v) is 4.36. The molecule has 0 saturated heterocycles. The first-order valence-electron chi connectivity index (χ1n) is 7.83. The highest BCUT2D eigenvalue weighted by Gasteiger charge is 2.33. The Morgan fingerprint density at radius 1 is 1.24 bits per heavy atom. The number of hydrogen-bond acceptors (Lipinski definition) is 4. The predicted molar refractivity (Wildman–Crippen MR) is 80.4 cm³/mol. The molecule has 1 aromatic heterocycles. The van der Waals surface area contributed by atoms with Crippen molar-refractivity contribution in [3.8, 4) is 0 Å². The summed E-state index contributed by atoms with van der Waals surface area (Å²) >= 11 is 0. The molecule has 0 amide bonds. The molecule has 5 nitrogen and oxygen atoms in total. The lowest BCUT2D eigenvalue weighted by molar-refractivity contribution is 0.290. The molecule has 0 bridgehead atoms. The van der Waals surface area contributed by atoms with Gasteiger partial charge in [-0.05, 0) is 44.7 Å². The summed E-state index contributed by atoms with van der Waals surface area (Å²) in [6.07, 6.45) is 7.53. The van der Waals surface area contributed by atoms with Gasteiger partial charge in [0.1, 0.15) is 5.76 Å². The van der Waals surface area contributed by atoms with Crippen molar-refractivity contribution >= 4 is 10.0 Å². The van der Waals surface area contributed by atoms with Crippen LogP contribution in [0, 0.1) is 0 Å². The smallest absolute Gasteiger partial charge is 0.274 e. The number of nitrogens with one attached hydrogen (secondary N) is 2. The van der Waals surface area contributed by atoms with Crippen LogP contribution >= 0.6 is 0 Å². The van der Waals surface area contributed by atoms with Gasteiger partial charge in [0, 0.05) is 11.6 Å². The standard InChI is InChI=1S/C15H24N2O3S/c1-15(9-3-2-4-10-15)17-21(18,19)14-8-7-13(20-14)11-16-12-5-6-12/h7-8,12,16-17H,2-6,9-11H2,1H3. The third kappa shape index (κ3) is 3.87. The quantitative estimate of drug-likeness (QED) is 0.847. The molecule has 0 aromatic carbocycles. The zero-order valence-electron chi connectivity index (χ0n) is 12.5. The van der Waals surface area contributed by atoms with Crippen molar-refractivity contribution in [1.29, 1.82) is 0 Å². The van der Waals surface area contributed by atoms with Crippen molar-refractivity contribution in [3.05, 3.63) is 17.9 Å². The highest BCUT2D eigenvalue weighted by molar-refractivity contribution is 7.89. The van der Waals surface area contributed by atoms with Crippen molar-refractivity contribution in [2.75, 3.05) is 0 Å². The minimum atomic E-state index is -3.56. The van der Waals surface area contributed by atoms with Gasteiger partial charge in [-0.25, -0.2) is 13.1 Å². The van der Waals surface area contributed by atoms with E-state index < -0.39 is 10.0 Å². The minimum absolute atomic E-state index is 0.0295. The molecule has 2 fully saturated rings. The van der Waals surface area contributed by atoms with Crippen LogP contribution in [0.15, 0.2) is 21.6 Å². The van der Waals surface area contributed by atoms with Gasteiger partial charge in [0.05, 0.1) is 6.54 Å². The predicted octanol–water partition coefficient (Wildman–Crippen LogP) is 2.53. The number of sulfonamides is 1. The molecule has 0 spiro atoms. The molecular formula is C15H24N2O3S. The molecule has 2 saturated carbocycles. The Balaban J connectivity index is 1.65. The Hall–Kier alpha value is -0.850. The summed E-state index contributed by atoms with van der Waals surface area (Å²) in [5.74, 6) is 0.677. The number of rotatable bonds is 6. The van der Waals surface area contributed by atoms with Crippen LogP contribution in [0.25, 0.3) is 0 Å². The Kier molecular flexibility index (Phi) is 4.12. The molecule has 0 unspecified atom stereocenters. The van der Waals surface area contributed by atoms with E-state index in [1.54, 1.807) is 12.1 Å². The van der Waals surface area contributed by atoms with E-state index in [1.165, 1.54) is 19.3 Å². The van der Waals surface area contributed by atoms with Crippen LogP contribution in [0.2, 0.25) is 0 Å². The van der Waals surface area contributed by atoms with E-state index in [-0.39, 0.29) is 10.6 Å². The van der Waals surface area contributed by atoms with Gasteiger partial charge in [-0.3, -0.25) is 0 Å². The van der Waals surface area contributed by atoms with Crippen LogP contribution < -0.4 is 10.0 Å². The Morgan fingerprint density at radius 2 is 1.95 bits per heavy atom. The summed E-state index contributed by atoms with van der Waals surface area (Å²) in [6, 6.07) is 3.88. The van der Waals surface area contributed by atoms with Crippen LogP contribution in [0.4, 0.5) is 0 Å². The summed E-state index contributed by atoms with van der Waals surface area (Å²) < 4.78 is 33.2. The van der Waals surface area contributed by atoms with Crippen LogP contribution in [0.3, 0.4) is 0 Å². The molecule has 0 aliphatic heterocycles. The van der Waals surface area contributed by atoms with E-state index in [2.05, 4.69) is 10.0 Å². The van der Waals surface area contributed by atoms with Crippen LogP contribution in [0.1, 0.15) is 57.6 Å². The fourth-order valence-electron chi connectivity index (χ4n) is 2.94. The molecule has 3 rings (SSSR count). The second-order valence-electron chi connectivity index (χ2n) is 6.60. The first-order chi connectivity index (χ1) is 9.97. The van der Waals surface area contributed by atoms with Crippen molar-refractivity contribution in [1.82, 2.24) is 10.0 Å². The van der Waals surface area contributed by atoms with E-state index >= 15 is 0 Å². The Bertz CT molecular complexity index is 584. The van der Waals surface area contributed by atoms with Gasteiger partial charge in [-0.2, -0.15) is 0 Å². The molecule has 6 heteroatoms. The van der Waals surface area contributed by atoms with Gasteiger partial charge in [0.15, 0.2) is 0 Å². The molecule has 2 aliphatic carbocycles. The summed E-state index contributed by atoms with van der Waals surface area (Å²) in [6.45, 7) is 2.58. The second kappa shape index (κ2) is 5.74. The van der Waals surface area contributed by atoms with Crippen LogP contribution in [-0.2, 0) is 16.6 Å². The molecule has 0 radical (unpaired) electrons.